The van der Waals surface area contributed by atoms with E-state index >= 15 is 0 Å². The summed E-state index contributed by atoms with van der Waals surface area (Å²) in [5.74, 6) is -9.90. The number of aliphatic hydroxyl groups is 2. The van der Waals surface area contributed by atoms with E-state index in [-0.39, 0.29) is 83.6 Å². The monoisotopic (exact) mass is 1150 g/mol. The maximum Gasteiger partial charge on any atom is 0.245 e. The number of carbonyl (C=O) groups is 11. The second kappa shape index (κ2) is 38.6. The van der Waals surface area contributed by atoms with E-state index in [4.69, 9.17) is 28.7 Å². The van der Waals surface area contributed by atoms with Crippen molar-refractivity contribution in [1.82, 2.24) is 58.5 Å². The molecule has 13 atom stereocenters. The number of nitrogens with one attached hydrogen (secondary N) is 11. The van der Waals surface area contributed by atoms with Gasteiger partial charge in [-0.3, -0.25) is 52.7 Å². The highest BCUT2D eigenvalue weighted by atomic mass is 16.3. The van der Waals surface area contributed by atoms with Crippen molar-refractivity contribution < 1.29 is 63.0 Å². The zero-order chi connectivity index (χ0) is 61.5. The fraction of sp³-hybridized carbons (Fsp3) is 0.788. The number of hydrogen-bond acceptors (Lipinski definition) is 18. The first-order valence-corrected chi connectivity index (χ1v) is 28.4. The van der Waals surface area contributed by atoms with Gasteiger partial charge in [-0.25, -0.2) is 0 Å². The molecular formula is C52H98N16O13. The molecule has 11 amide bonds. The molecule has 0 spiro atoms. The molecule has 29 heteroatoms. The molecule has 0 aromatic heterocycles. The molecule has 1 heterocycles. The van der Waals surface area contributed by atoms with Crippen LogP contribution in [0.25, 0.3) is 0 Å². The summed E-state index contributed by atoms with van der Waals surface area (Å²) < 4.78 is 0. The highest BCUT2D eigenvalue weighted by Crippen LogP contribution is 2.14. The predicted molar refractivity (Wildman–Crippen MR) is 301 cm³/mol. The second-order valence-electron chi connectivity index (χ2n) is 21.5. The third kappa shape index (κ3) is 26.6. The first-order valence-electron chi connectivity index (χ1n) is 28.4. The second-order valence-corrected chi connectivity index (χ2v) is 21.5. The van der Waals surface area contributed by atoms with Crippen LogP contribution in [0, 0.1) is 17.8 Å². The number of unbranched alkanes of at least 4 members (excludes halogenated alkanes) is 1. The molecule has 81 heavy (non-hydrogen) atoms. The van der Waals surface area contributed by atoms with Crippen molar-refractivity contribution in [2.45, 2.75) is 205 Å². The Bertz CT molecular complexity index is 2050. The van der Waals surface area contributed by atoms with Crippen LogP contribution in [0.1, 0.15) is 132 Å². The van der Waals surface area contributed by atoms with Crippen LogP contribution in [0.4, 0.5) is 0 Å². The SMILES string of the molecule is CC[C@H](C)[C@@H]1NC(=O)[C@@H](CC(C)C)NC(=O)[C@H](CCN)NC(=O)[C@@H](NC(=O)[C@H](CCN)NC(=O)[C@@H](NC(=O)[C@H](CCN)NC(=O)CCCCC(C)C)[C@@H](C)O)CCNC(=O)[C@H]([C@@H](C)O)NC(=O)[C@H](CCN)NC(=O)[C@H](CCN)NC1=O. The van der Waals surface area contributed by atoms with Crippen molar-refractivity contribution in [2.24, 2.45) is 46.4 Å². The Morgan fingerprint density at radius 3 is 1.49 bits per heavy atom. The van der Waals surface area contributed by atoms with E-state index in [0.717, 1.165) is 12.8 Å². The van der Waals surface area contributed by atoms with Crippen LogP contribution in [-0.2, 0) is 52.7 Å². The third-order valence-corrected chi connectivity index (χ3v) is 13.5. The van der Waals surface area contributed by atoms with Gasteiger partial charge in [0.15, 0.2) is 0 Å². The van der Waals surface area contributed by atoms with Gasteiger partial charge in [-0.15, -0.1) is 0 Å². The zero-order valence-electron chi connectivity index (χ0n) is 48.7. The number of amides is 11. The van der Waals surface area contributed by atoms with Crippen LogP contribution in [0.2, 0.25) is 0 Å². The van der Waals surface area contributed by atoms with E-state index in [1.165, 1.54) is 13.8 Å². The van der Waals surface area contributed by atoms with Crippen molar-refractivity contribution in [3.05, 3.63) is 0 Å². The number of nitrogens with two attached hydrogens (primary N) is 5. The Morgan fingerprint density at radius 2 is 1.01 bits per heavy atom. The Hall–Kier alpha value is -6.11. The molecule has 0 aliphatic carbocycles. The first-order chi connectivity index (χ1) is 38.2. The third-order valence-electron chi connectivity index (χ3n) is 13.5. The van der Waals surface area contributed by atoms with Crippen molar-refractivity contribution in [1.29, 1.82) is 0 Å². The standard InChI is InChI=1S/C52H98N16O13/c1-9-29(6)40-51(80)63-34(16-22-55)43(72)61-36(18-24-57)48(77)67-41(30(7)69)50(79)58-25-19-37(46(75)60-33(15-21-54)45(74)65-38(26-28(4)5)49(78)66-40)62-44(73)35(17-23-56)64-52(81)42(31(8)70)68-47(76)32(14-20-53)59-39(71)13-11-10-12-27(2)3/h27-38,40-42,69-70H,9-26,53-57H2,1-8H3,(H,58,79)(H,59,71)(H,60,75)(H,61,72)(H,62,73)(H,63,80)(H,64,81)(H,65,74)(H,66,78)(H,67,77)(H,68,76)/t29-,30+,31+,32-,33-,34-,35-,36-,37-,38+,40-,41-,42-/m0/s1. The fourth-order valence-corrected chi connectivity index (χ4v) is 8.59. The minimum Gasteiger partial charge on any atom is -0.391 e. The molecule has 23 N–H and O–H groups in total. The summed E-state index contributed by atoms with van der Waals surface area (Å²) in [7, 11) is 0. The molecule has 29 nitrogen and oxygen atoms in total. The number of hydrogen-bond donors (Lipinski definition) is 18. The van der Waals surface area contributed by atoms with Gasteiger partial charge in [-0.2, -0.15) is 0 Å². The molecule has 1 rings (SSSR count). The molecule has 0 aromatic rings. The average molecular weight is 1160 g/mol. The van der Waals surface area contributed by atoms with Gasteiger partial charge in [0.1, 0.15) is 60.4 Å². The lowest BCUT2D eigenvalue weighted by molar-refractivity contribution is -0.137. The minimum atomic E-state index is -1.69. The summed E-state index contributed by atoms with van der Waals surface area (Å²) in [4.78, 5) is 153. The number of aliphatic hydroxyl groups excluding tert-OH is 2. The molecule has 0 saturated carbocycles. The summed E-state index contributed by atoms with van der Waals surface area (Å²) >= 11 is 0. The van der Waals surface area contributed by atoms with E-state index in [1.807, 2.05) is 0 Å². The molecule has 0 unspecified atom stereocenters. The van der Waals surface area contributed by atoms with Gasteiger partial charge in [0, 0.05) is 13.0 Å². The lowest BCUT2D eigenvalue weighted by atomic mass is 9.96. The smallest absolute Gasteiger partial charge is 0.245 e. The quantitative estimate of drug-likeness (QED) is 0.0325. The van der Waals surface area contributed by atoms with Gasteiger partial charge >= 0.3 is 0 Å². The topological polar surface area (TPSA) is 491 Å². The van der Waals surface area contributed by atoms with E-state index < -0.39 is 156 Å². The number of rotatable bonds is 28. The van der Waals surface area contributed by atoms with E-state index in [0.29, 0.717) is 18.8 Å². The normalized spacial score (nSPS) is 23.6. The fourth-order valence-electron chi connectivity index (χ4n) is 8.59. The zero-order valence-corrected chi connectivity index (χ0v) is 48.7. The number of carbonyl (C=O) groups excluding carboxylic acids is 11. The van der Waals surface area contributed by atoms with Gasteiger partial charge in [0.2, 0.25) is 65.0 Å². The molecule has 464 valence electrons. The van der Waals surface area contributed by atoms with Crippen LogP contribution in [-0.4, -0.2) is 187 Å². The van der Waals surface area contributed by atoms with Crippen LogP contribution in [0.15, 0.2) is 0 Å². The minimum absolute atomic E-state index is 0.0140. The molecule has 1 aliphatic heterocycles. The van der Waals surface area contributed by atoms with E-state index in [2.05, 4.69) is 72.3 Å². The van der Waals surface area contributed by atoms with Crippen LogP contribution in [0.3, 0.4) is 0 Å². The van der Waals surface area contributed by atoms with Gasteiger partial charge in [0.05, 0.1) is 12.2 Å². The summed E-state index contributed by atoms with van der Waals surface area (Å²) in [6.07, 6.45) is -1.52. The Morgan fingerprint density at radius 1 is 0.531 bits per heavy atom. The van der Waals surface area contributed by atoms with Crippen molar-refractivity contribution >= 4 is 65.0 Å². The predicted octanol–water partition coefficient (Wildman–Crippen LogP) is -5.83. The van der Waals surface area contributed by atoms with E-state index in [9.17, 15) is 63.0 Å². The van der Waals surface area contributed by atoms with Crippen molar-refractivity contribution in [3.63, 3.8) is 0 Å². The van der Waals surface area contributed by atoms with Crippen molar-refractivity contribution in [2.75, 3.05) is 39.3 Å². The van der Waals surface area contributed by atoms with Gasteiger partial charge in [-0.05, 0) is 116 Å². The van der Waals surface area contributed by atoms with Gasteiger partial charge in [-0.1, -0.05) is 60.8 Å². The molecule has 1 aliphatic rings. The Kier molecular flexibility index (Phi) is 34.7. The Labute approximate surface area is 475 Å². The van der Waals surface area contributed by atoms with Crippen LogP contribution in [0.5, 0.6) is 0 Å². The largest absolute Gasteiger partial charge is 0.391 e. The molecular weight excluding hydrogens is 1060 g/mol. The lowest BCUT2D eigenvalue weighted by Gasteiger charge is -2.30. The summed E-state index contributed by atoms with van der Waals surface area (Å²) in [6, 6.07) is -14.5. The van der Waals surface area contributed by atoms with Gasteiger partial charge < -0.3 is 97.4 Å². The van der Waals surface area contributed by atoms with E-state index in [1.54, 1.807) is 27.7 Å². The average Bonchev–Trinajstić information content (AvgIpc) is 3.42. The summed E-state index contributed by atoms with van der Waals surface area (Å²) in [5.41, 5.74) is 29.2. The maximum absolute atomic E-state index is 14.4. The van der Waals surface area contributed by atoms with Crippen LogP contribution >= 0.6 is 0 Å². The highest BCUT2D eigenvalue weighted by Gasteiger charge is 2.38. The lowest BCUT2D eigenvalue weighted by Crippen LogP contribution is -2.62. The molecule has 1 fully saturated rings. The highest BCUT2D eigenvalue weighted by molar-refractivity contribution is 5.99. The van der Waals surface area contributed by atoms with Gasteiger partial charge in [0.25, 0.3) is 0 Å². The summed E-state index contributed by atoms with van der Waals surface area (Å²) in [5, 5.41) is 49.5. The first kappa shape index (κ1) is 72.9. The molecule has 0 aromatic carbocycles. The Balaban J connectivity index is 3.84. The van der Waals surface area contributed by atoms with Crippen molar-refractivity contribution in [3.8, 4) is 0 Å². The molecule has 0 bridgehead atoms. The van der Waals surface area contributed by atoms with Crippen LogP contribution < -0.4 is 87.2 Å². The summed E-state index contributed by atoms with van der Waals surface area (Å²) in [6.45, 7) is 12.4. The molecule has 1 saturated heterocycles. The maximum atomic E-state index is 14.4. The molecule has 0 radical (unpaired) electrons.